The fourth-order valence-electron chi connectivity index (χ4n) is 4.83. The Bertz CT molecular complexity index is 943. The minimum absolute atomic E-state index is 0.0703. The third-order valence-electron chi connectivity index (χ3n) is 6.42. The molecule has 2 heterocycles. The quantitative estimate of drug-likeness (QED) is 0.644. The Morgan fingerprint density at radius 2 is 1.57 bits per heavy atom. The zero-order chi connectivity index (χ0) is 20.3. The van der Waals surface area contributed by atoms with Crippen LogP contribution in [0.2, 0.25) is 0 Å². The summed E-state index contributed by atoms with van der Waals surface area (Å²) in [5, 5.41) is 12.9. The van der Waals surface area contributed by atoms with E-state index in [1.165, 1.54) is 30.7 Å². The first-order valence-corrected chi connectivity index (χ1v) is 10.9. The second-order valence-corrected chi connectivity index (χ2v) is 8.23. The van der Waals surface area contributed by atoms with E-state index in [1.54, 1.807) is 0 Å². The molecule has 0 bridgehead atoms. The van der Waals surface area contributed by atoms with Crippen molar-refractivity contribution in [2.45, 2.75) is 37.8 Å². The van der Waals surface area contributed by atoms with Crippen molar-refractivity contribution in [3.8, 4) is 0 Å². The van der Waals surface area contributed by atoms with Crippen molar-refractivity contribution in [3.05, 3.63) is 71.8 Å². The summed E-state index contributed by atoms with van der Waals surface area (Å²) in [5.41, 5.74) is 2.30. The molecule has 0 spiro atoms. The Kier molecular flexibility index (Phi) is 5.45. The van der Waals surface area contributed by atoms with E-state index in [9.17, 15) is 4.39 Å². The Morgan fingerprint density at radius 3 is 2.27 bits per heavy atom. The van der Waals surface area contributed by atoms with Gasteiger partial charge in [-0.25, -0.2) is 9.07 Å². The second-order valence-electron chi connectivity index (χ2n) is 8.23. The molecular formula is C23H27FN6. The molecule has 30 heavy (non-hydrogen) atoms. The number of para-hydroxylation sites is 1. The molecule has 1 aromatic heterocycles. The van der Waals surface area contributed by atoms with Gasteiger partial charge in [-0.3, -0.25) is 4.90 Å². The summed E-state index contributed by atoms with van der Waals surface area (Å²) < 4.78 is 15.7. The van der Waals surface area contributed by atoms with Crippen LogP contribution in [0.1, 0.15) is 49.2 Å². The fraction of sp³-hybridized carbons (Fsp3) is 0.435. The number of hydrogen-bond donors (Lipinski definition) is 0. The zero-order valence-corrected chi connectivity index (χ0v) is 17.1. The molecule has 156 valence electrons. The number of nitrogens with zero attached hydrogens (tertiary/aromatic N) is 6. The summed E-state index contributed by atoms with van der Waals surface area (Å²) in [7, 11) is 0. The van der Waals surface area contributed by atoms with E-state index in [1.807, 2.05) is 22.9 Å². The van der Waals surface area contributed by atoms with Crippen molar-refractivity contribution < 1.29 is 4.39 Å². The maximum absolute atomic E-state index is 13.6. The van der Waals surface area contributed by atoms with Crippen LogP contribution >= 0.6 is 0 Å². The highest BCUT2D eigenvalue weighted by molar-refractivity contribution is 5.46. The Balaban J connectivity index is 1.43. The van der Waals surface area contributed by atoms with Crippen molar-refractivity contribution >= 4 is 5.69 Å². The van der Waals surface area contributed by atoms with E-state index in [2.05, 4.69) is 49.6 Å². The van der Waals surface area contributed by atoms with Gasteiger partial charge < -0.3 is 4.90 Å². The summed E-state index contributed by atoms with van der Waals surface area (Å²) >= 11 is 0. The summed E-state index contributed by atoms with van der Waals surface area (Å²) in [6.07, 6.45) is 4.69. The normalized spacial score (nSPS) is 19.3. The number of rotatable bonds is 5. The fourth-order valence-corrected chi connectivity index (χ4v) is 4.83. The van der Waals surface area contributed by atoms with Crippen LogP contribution in [0.5, 0.6) is 0 Å². The molecule has 1 unspecified atom stereocenters. The first-order chi connectivity index (χ1) is 14.8. The van der Waals surface area contributed by atoms with Gasteiger partial charge in [0.25, 0.3) is 0 Å². The van der Waals surface area contributed by atoms with Crippen molar-refractivity contribution in [3.63, 3.8) is 0 Å². The predicted molar refractivity (Wildman–Crippen MR) is 114 cm³/mol. The summed E-state index contributed by atoms with van der Waals surface area (Å²) in [4.78, 5) is 4.85. The highest BCUT2D eigenvalue weighted by atomic mass is 19.1. The maximum Gasteiger partial charge on any atom is 0.173 e. The van der Waals surface area contributed by atoms with E-state index >= 15 is 0 Å². The maximum atomic E-state index is 13.6. The Hall–Kier alpha value is -2.80. The highest BCUT2D eigenvalue weighted by Gasteiger charge is 2.33. The molecular weight excluding hydrogens is 379 g/mol. The number of halogens is 1. The Morgan fingerprint density at radius 1 is 0.867 bits per heavy atom. The van der Waals surface area contributed by atoms with Crippen molar-refractivity contribution in [1.29, 1.82) is 0 Å². The lowest BCUT2D eigenvalue weighted by atomic mass is 10.0. The molecule has 2 fully saturated rings. The molecule has 6 nitrogen and oxygen atoms in total. The summed E-state index contributed by atoms with van der Waals surface area (Å²) in [6.45, 7) is 3.67. The topological polar surface area (TPSA) is 50.1 Å². The lowest BCUT2D eigenvalue weighted by Gasteiger charge is -2.40. The van der Waals surface area contributed by atoms with Gasteiger partial charge in [0.1, 0.15) is 5.82 Å². The van der Waals surface area contributed by atoms with Gasteiger partial charge in [-0.1, -0.05) is 43.2 Å². The number of tetrazole rings is 1. The number of piperazine rings is 1. The van der Waals surface area contributed by atoms with Gasteiger partial charge in [0, 0.05) is 31.9 Å². The first kappa shape index (κ1) is 19.2. The van der Waals surface area contributed by atoms with E-state index in [0.29, 0.717) is 6.04 Å². The number of aromatic nitrogens is 4. The molecule has 1 saturated heterocycles. The summed E-state index contributed by atoms with van der Waals surface area (Å²) in [6, 6.07) is 17.6. The van der Waals surface area contributed by atoms with Crippen molar-refractivity contribution in [2.24, 2.45) is 0 Å². The first-order valence-electron chi connectivity index (χ1n) is 10.9. The Labute approximate surface area is 176 Å². The minimum atomic E-state index is -0.221. The van der Waals surface area contributed by atoms with Gasteiger partial charge in [0.2, 0.25) is 0 Å². The lowest BCUT2D eigenvalue weighted by molar-refractivity contribution is 0.197. The third kappa shape index (κ3) is 3.81. The van der Waals surface area contributed by atoms with Gasteiger partial charge in [-0.15, -0.1) is 5.10 Å². The summed E-state index contributed by atoms with van der Waals surface area (Å²) in [5.74, 6) is 0.656. The van der Waals surface area contributed by atoms with E-state index in [-0.39, 0.29) is 11.9 Å². The van der Waals surface area contributed by atoms with Crippen LogP contribution in [0, 0.1) is 5.82 Å². The lowest BCUT2D eigenvalue weighted by Crippen LogP contribution is -2.48. The third-order valence-corrected chi connectivity index (χ3v) is 6.42. The van der Waals surface area contributed by atoms with E-state index in [0.717, 1.165) is 50.4 Å². The number of benzene rings is 2. The van der Waals surface area contributed by atoms with Crippen LogP contribution in [0.3, 0.4) is 0 Å². The molecule has 2 aromatic carbocycles. The highest BCUT2D eigenvalue weighted by Crippen LogP contribution is 2.34. The molecule has 3 aromatic rings. The largest absolute Gasteiger partial charge is 0.369 e. The number of anilines is 1. The zero-order valence-electron chi connectivity index (χ0n) is 17.1. The van der Waals surface area contributed by atoms with Crippen LogP contribution in [-0.2, 0) is 0 Å². The van der Waals surface area contributed by atoms with Crippen molar-refractivity contribution in [1.82, 2.24) is 25.1 Å². The molecule has 1 aliphatic heterocycles. The van der Waals surface area contributed by atoms with Crippen LogP contribution in [-0.4, -0.2) is 51.3 Å². The molecule has 5 rings (SSSR count). The van der Waals surface area contributed by atoms with E-state index in [4.69, 9.17) is 0 Å². The smallest absolute Gasteiger partial charge is 0.173 e. The van der Waals surface area contributed by atoms with Gasteiger partial charge in [0.05, 0.1) is 12.1 Å². The average molecular weight is 407 g/mol. The molecule has 1 aliphatic carbocycles. The molecule has 0 radical (unpaired) electrons. The monoisotopic (exact) mass is 406 g/mol. The van der Waals surface area contributed by atoms with Gasteiger partial charge in [0.15, 0.2) is 5.82 Å². The predicted octanol–water partition coefficient (Wildman–Crippen LogP) is 3.84. The van der Waals surface area contributed by atoms with Crippen LogP contribution in [0.15, 0.2) is 54.6 Å². The van der Waals surface area contributed by atoms with Gasteiger partial charge >= 0.3 is 0 Å². The van der Waals surface area contributed by atoms with Crippen LogP contribution in [0.25, 0.3) is 0 Å². The van der Waals surface area contributed by atoms with Crippen molar-refractivity contribution in [2.75, 3.05) is 31.1 Å². The van der Waals surface area contributed by atoms with Gasteiger partial charge in [-0.2, -0.15) is 0 Å². The standard InChI is InChI=1S/C23H27FN6/c24-19-12-10-18(11-13-19)22(23-25-26-27-30(23)21-8-4-5-9-21)29-16-14-28(15-17-29)20-6-2-1-3-7-20/h1-3,6-7,10-13,21-22H,4-5,8-9,14-17H2. The molecule has 0 N–H and O–H groups in total. The second kappa shape index (κ2) is 8.52. The molecule has 2 aliphatic rings. The molecule has 7 heteroatoms. The number of hydrogen-bond acceptors (Lipinski definition) is 5. The molecule has 0 amide bonds. The minimum Gasteiger partial charge on any atom is -0.369 e. The van der Waals surface area contributed by atoms with E-state index < -0.39 is 0 Å². The SMILES string of the molecule is Fc1ccc(C(c2nnnn2C2CCCC2)N2CCN(c3ccccc3)CC2)cc1. The van der Waals surface area contributed by atoms with Crippen LogP contribution < -0.4 is 4.90 Å². The average Bonchev–Trinajstić information content (AvgIpc) is 3.48. The van der Waals surface area contributed by atoms with Gasteiger partial charge in [-0.05, 0) is 53.1 Å². The van der Waals surface area contributed by atoms with Crippen LogP contribution in [0.4, 0.5) is 10.1 Å². The molecule has 1 atom stereocenters. The molecule has 1 saturated carbocycles.